The van der Waals surface area contributed by atoms with E-state index in [1.54, 1.807) is 35.2 Å². The van der Waals surface area contributed by atoms with Gasteiger partial charge >= 0.3 is 5.97 Å². The predicted molar refractivity (Wildman–Crippen MR) is 180 cm³/mol. The number of carbonyl (C=O) groups is 2. The van der Waals surface area contributed by atoms with E-state index in [0.717, 1.165) is 22.9 Å². The number of phenols is 1. The molecule has 0 radical (unpaired) electrons. The van der Waals surface area contributed by atoms with Gasteiger partial charge in [0.15, 0.2) is 0 Å². The third-order valence-electron chi connectivity index (χ3n) is 8.28. The molecule has 48 heavy (non-hydrogen) atoms. The van der Waals surface area contributed by atoms with Crippen LogP contribution in [0, 0.1) is 11.7 Å². The topological polar surface area (TPSA) is 122 Å². The van der Waals surface area contributed by atoms with Crippen LogP contribution in [-0.2, 0) is 37.4 Å². The fourth-order valence-electron chi connectivity index (χ4n) is 5.98. The van der Waals surface area contributed by atoms with Gasteiger partial charge in [0.2, 0.25) is 15.9 Å². The summed E-state index contributed by atoms with van der Waals surface area (Å²) in [5.41, 5.74) is 3.96. The maximum Gasteiger partial charge on any atom is 0.303 e. The molecule has 0 bridgehead atoms. The highest BCUT2D eigenvalue weighted by atomic mass is 32.2. The highest BCUT2D eigenvalue weighted by Crippen LogP contribution is 2.49. The zero-order valence-electron chi connectivity index (χ0n) is 26.8. The summed E-state index contributed by atoms with van der Waals surface area (Å²) in [4.78, 5) is 27.6. The molecular weight excluding hydrogens is 635 g/mol. The average molecular weight is 675 g/mol. The van der Waals surface area contributed by atoms with Crippen LogP contribution in [-0.4, -0.2) is 38.2 Å². The highest BCUT2D eigenvalue weighted by molar-refractivity contribution is 7.88. The molecule has 4 aromatic rings. The van der Waals surface area contributed by atoms with Crippen molar-refractivity contribution in [3.63, 3.8) is 0 Å². The second-order valence-corrected chi connectivity index (χ2v) is 13.8. The number of carbonyl (C=O) groups excluding carboxylic acids is 2. The number of hydrogen-bond acceptors (Lipinski definition) is 7. The first-order valence-corrected chi connectivity index (χ1v) is 17.7. The van der Waals surface area contributed by atoms with E-state index in [4.69, 9.17) is 9.47 Å². The Balaban J connectivity index is 1.41. The molecule has 3 atom stereocenters. The van der Waals surface area contributed by atoms with Gasteiger partial charge in [0.25, 0.3) is 0 Å². The smallest absolute Gasteiger partial charge is 0.303 e. The number of β-lactam (4-membered cyclic amide) rings is 1. The second kappa shape index (κ2) is 15.4. The molecule has 9 nitrogen and oxygen atoms in total. The van der Waals surface area contributed by atoms with Crippen molar-refractivity contribution in [2.75, 3.05) is 17.7 Å². The molecule has 1 amide bonds. The van der Waals surface area contributed by atoms with Crippen LogP contribution in [0.3, 0.4) is 0 Å². The van der Waals surface area contributed by atoms with Crippen LogP contribution in [0.1, 0.15) is 60.6 Å². The van der Waals surface area contributed by atoms with Crippen molar-refractivity contribution >= 4 is 27.6 Å². The van der Waals surface area contributed by atoms with E-state index in [2.05, 4.69) is 4.72 Å². The number of anilines is 1. The minimum atomic E-state index is -3.26. The lowest BCUT2D eigenvalue weighted by Crippen LogP contribution is -2.55. The van der Waals surface area contributed by atoms with Crippen LogP contribution in [0.5, 0.6) is 11.5 Å². The number of nitrogens with zero attached hydrogens (tertiary/aromatic N) is 1. The van der Waals surface area contributed by atoms with Gasteiger partial charge < -0.3 is 19.5 Å². The van der Waals surface area contributed by atoms with E-state index in [0.29, 0.717) is 49.2 Å². The molecule has 1 saturated heterocycles. The van der Waals surface area contributed by atoms with E-state index in [9.17, 15) is 27.5 Å². The van der Waals surface area contributed by atoms with Gasteiger partial charge in [-0.05, 0) is 78.8 Å². The molecule has 11 heteroatoms. The quantitative estimate of drug-likeness (QED) is 0.0853. The first-order chi connectivity index (χ1) is 23.0. The Labute approximate surface area is 280 Å². The number of ether oxygens (including phenoxy) is 2. The van der Waals surface area contributed by atoms with Crippen molar-refractivity contribution in [3.05, 3.63) is 125 Å². The second-order valence-electron chi connectivity index (χ2n) is 11.9. The number of sulfonamides is 1. The van der Waals surface area contributed by atoms with Gasteiger partial charge in [-0.15, -0.1) is 0 Å². The number of amides is 1. The van der Waals surface area contributed by atoms with Crippen molar-refractivity contribution in [2.45, 2.75) is 51.4 Å². The van der Waals surface area contributed by atoms with Crippen molar-refractivity contribution in [1.82, 2.24) is 4.72 Å². The lowest BCUT2D eigenvalue weighted by molar-refractivity contribution is -0.147. The molecule has 0 aromatic heterocycles. The van der Waals surface area contributed by atoms with Crippen LogP contribution in [0.4, 0.5) is 10.1 Å². The summed E-state index contributed by atoms with van der Waals surface area (Å²) in [6, 6.07) is 27.4. The normalized spacial score (nSPS) is 16.6. The molecule has 1 heterocycles. The molecular formula is C37H39FN2O7S. The van der Waals surface area contributed by atoms with Crippen LogP contribution in [0.2, 0.25) is 0 Å². The summed E-state index contributed by atoms with van der Waals surface area (Å²) >= 11 is 0. The maximum absolute atomic E-state index is 13.9. The minimum absolute atomic E-state index is 0.0245. The van der Waals surface area contributed by atoms with Crippen molar-refractivity contribution in [3.8, 4) is 11.5 Å². The number of rotatable bonds is 15. The van der Waals surface area contributed by atoms with E-state index >= 15 is 0 Å². The Morgan fingerprint density at radius 2 is 1.69 bits per heavy atom. The van der Waals surface area contributed by atoms with E-state index < -0.39 is 39.9 Å². The molecule has 1 fully saturated rings. The number of halogens is 1. The van der Waals surface area contributed by atoms with Gasteiger partial charge in [-0.25, -0.2) is 17.5 Å². The molecule has 0 spiro atoms. The number of hydrogen-bond donors (Lipinski definition) is 2. The Morgan fingerprint density at radius 3 is 2.35 bits per heavy atom. The fraction of sp³-hybridized carbons (Fsp3) is 0.297. The summed E-state index contributed by atoms with van der Waals surface area (Å²) in [7, 11) is -3.26. The molecule has 2 N–H and O–H groups in total. The van der Waals surface area contributed by atoms with Gasteiger partial charge in [-0.3, -0.25) is 9.59 Å². The number of benzene rings is 4. The predicted octanol–water partition coefficient (Wildman–Crippen LogP) is 6.38. The summed E-state index contributed by atoms with van der Waals surface area (Å²) < 4.78 is 50.7. The molecule has 5 rings (SSSR count). The molecule has 0 aliphatic carbocycles. The monoisotopic (exact) mass is 674 g/mol. The number of aromatic hydroxyl groups is 1. The third-order valence-corrected chi connectivity index (χ3v) is 9.01. The van der Waals surface area contributed by atoms with Gasteiger partial charge in [-0.2, -0.15) is 0 Å². The zero-order chi connectivity index (χ0) is 34.3. The summed E-state index contributed by atoms with van der Waals surface area (Å²) in [6.45, 7) is 1.90. The van der Waals surface area contributed by atoms with E-state index in [1.165, 1.54) is 19.1 Å². The first kappa shape index (κ1) is 34.6. The Hall–Kier alpha value is -4.74. The minimum Gasteiger partial charge on any atom is -0.508 e. The molecule has 1 aliphatic rings. The van der Waals surface area contributed by atoms with Crippen molar-refractivity contribution in [2.24, 2.45) is 5.92 Å². The lowest BCUT2D eigenvalue weighted by atomic mass is 9.77. The van der Waals surface area contributed by atoms with Crippen molar-refractivity contribution in [1.29, 1.82) is 0 Å². The third kappa shape index (κ3) is 8.99. The Bertz CT molecular complexity index is 1820. The van der Waals surface area contributed by atoms with Gasteiger partial charge in [-0.1, -0.05) is 54.6 Å². The highest BCUT2D eigenvalue weighted by Gasteiger charge is 2.49. The molecule has 1 unspecified atom stereocenters. The van der Waals surface area contributed by atoms with Crippen LogP contribution < -0.4 is 14.4 Å². The lowest BCUT2D eigenvalue weighted by Gasteiger charge is -2.48. The van der Waals surface area contributed by atoms with Gasteiger partial charge in [0.1, 0.15) is 30.0 Å². The molecule has 252 valence electrons. The summed E-state index contributed by atoms with van der Waals surface area (Å²) in [5.74, 6) is -1.04. The largest absolute Gasteiger partial charge is 0.508 e. The summed E-state index contributed by atoms with van der Waals surface area (Å²) in [5, 5.41) is 10.4. The number of aryl methyl sites for hydroxylation is 1. The Kier molecular flexibility index (Phi) is 11.1. The number of nitrogens with one attached hydrogen (secondary N) is 1. The zero-order valence-corrected chi connectivity index (χ0v) is 27.7. The standard InChI is InChI=1S/C37H39FN2O7S/c1-25(41)47-34(28-12-14-29(38)15-13-28)21-20-33-36(32-19-18-31(42)23-35(32)46-24-27-7-4-3-5-8-27)40(37(33)43)30-16-10-26(11-17-30)9-6-22-39-48(2,44)45/h3-5,7-8,10-19,23,33-34,36,39,42H,6,9,20-22,24H2,1-2H3/t33?,34-,36+/m0/s1. The number of phenolic OH excluding ortho intramolecular Hbond substituents is 1. The molecule has 0 saturated carbocycles. The molecule has 1 aliphatic heterocycles. The first-order valence-electron chi connectivity index (χ1n) is 15.8. The van der Waals surface area contributed by atoms with Crippen LogP contribution in [0.25, 0.3) is 0 Å². The van der Waals surface area contributed by atoms with Gasteiger partial charge in [0.05, 0.1) is 18.2 Å². The fourth-order valence-corrected chi connectivity index (χ4v) is 6.49. The summed E-state index contributed by atoms with van der Waals surface area (Å²) in [6.07, 6.45) is 2.41. The van der Waals surface area contributed by atoms with Crippen LogP contribution >= 0.6 is 0 Å². The van der Waals surface area contributed by atoms with Gasteiger partial charge in [0, 0.05) is 30.8 Å². The molecule has 4 aromatic carbocycles. The van der Waals surface area contributed by atoms with E-state index in [-0.39, 0.29) is 18.3 Å². The van der Waals surface area contributed by atoms with E-state index in [1.807, 2.05) is 54.6 Å². The maximum atomic E-state index is 13.9. The van der Waals surface area contributed by atoms with Crippen molar-refractivity contribution < 1.29 is 37.0 Å². The average Bonchev–Trinajstić information content (AvgIpc) is 3.05. The Morgan fingerprint density at radius 1 is 0.979 bits per heavy atom. The van der Waals surface area contributed by atoms with Crippen LogP contribution in [0.15, 0.2) is 97.1 Å². The number of esters is 1. The SMILES string of the molecule is CC(=O)O[C@@H](CCC1C(=O)N(c2ccc(CCCNS(C)(=O)=O)cc2)[C@@H]1c1ccc(O)cc1OCc1ccccc1)c1ccc(F)cc1.